The quantitative estimate of drug-likeness (QED) is 0.331. The maximum absolute atomic E-state index is 12.8. The summed E-state index contributed by atoms with van der Waals surface area (Å²) in [4.78, 5) is 12.8. The third kappa shape index (κ3) is 3.20. The van der Waals surface area contributed by atoms with Crippen molar-refractivity contribution in [1.29, 1.82) is 0 Å². The number of halogens is 2. The van der Waals surface area contributed by atoms with E-state index in [0.717, 1.165) is 32.1 Å². The van der Waals surface area contributed by atoms with Gasteiger partial charge in [-0.05, 0) is 35.4 Å². The summed E-state index contributed by atoms with van der Waals surface area (Å²) in [6, 6.07) is 20.9. The molecule has 0 radical (unpaired) electrons. The fourth-order valence-electron chi connectivity index (χ4n) is 3.08. The first-order valence-electron chi connectivity index (χ1n) is 8.16. The summed E-state index contributed by atoms with van der Waals surface area (Å²) in [7, 11) is 0. The highest BCUT2D eigenvalue weighted by Gasteiger charge is 2.17. The van der Waals surface area contributed by atoms with E-state index in [1.54, 1.807) is 6.26 Å². The Bertz CT molecular complexity index is 1100. The molecule has 0 saturated heterocycles. The first kappa shape index (κ1) is 17.1. The van der Waals surface area contributed by atoms with Gasteiger partial charge < -0.3 is 4.42 Å². The van der Waals surface area contributed by atoms with Gasteiger partial charge >= 0.3 is 0 Å². The second kappa shape index (κ2) is 7.10. The molecule has 4 aromatic rings. The van der Waals surface area contributed by atoms with Crippen molar-refractivity contribution in [3.63, 3.8) is 0 Å². The molecule has 0 amide bonds. The SMILES string of the molecule is O=C(Cc1c(Cl)cccc1-c1coc2ccccc12)c1ccc(Br)cc1. The second-order valence-corrected chi connectivity index (χ2v) is 7.34. The number of benzene rings is 3. The Balaban J connectivity index is 1.77. The minimum absolute atomic E-state index is 0.0275. The minimum atomic E-state index is 0.0275. The summed E-state index contributed by atoms with van der Waals surface area (Å²) >= 11 is 9.85. The van der Waals surface area contributed by atoms with Crippen LogP contribution in [0.25, 0.3) is 22.1 Å². The molecule has 1 heterocycles. The van der Waals surface area contributed by atoms with Gasteiger partial charge in [0.1, 0.15) is 5.58 Å². The summed E-state index contributed by atoms with van der Waals surface area (Å²) in [5, 5.41) is 1.59. The topological polar surface area (TPSA) is 30.2 Å². The predicted molar refractivity (Wildman–Crippen MR) is 109 cm³/mol. The Morgan fingerprint density at radius 2 is 1.69 bits per heavy atom. The van der Waals surface area contributed by atoms with Crippen LogP contribution in [0, 0.1) is 0 Å². The molecular weight excluding hydrogens is 412 g/mol. The van der Waals surface area contributed by atoms with Crippen LogP contribution in [0.4, 0.5) is 0 Å². The van der Waals surface area contributed by atoms with Crippen molar-refractivity contribution < 1.29 is 9.21 Å². The Morgan fingerprint density at radius 3 is 2.50 bits per heavy atom. The largest absolute Gasteiger partial charge is 0.464 e. The van der Waals surface area contributed by atoms with E-state index >= 15 is 0 Å². The lowest BCUT2D eigenvalue weighted by molar-refractivity contribution is 0.0993. The molecule has 3 aromatic carbocycles. The molecule has 26 heavy (non-hydrogen) atoms. The zero-order valence-electron chi connectivity index (χ0n) is 13.7. The Labute approximate surface area is 164 Å². The lowest BCUT2D eigenvalue weighted by atomic mass is 9.94. The molecule has 2 nitrogen and oxygen atoms in total. The smallest absolute Gasteiger partial charge is 0.167 e. The van der Waals surface area contributed by atoms with Crippen LogP contribution in [-0.2, 0) is 6.42 Å². The summed E-state index contributed by atoms with van der Waals surface area (Å²) < 4.78 is 6.61. The van der Waals surface area contributed by atoms with Crippen molar-refractivity contribution >= 4 is 44.3 Å². The summed E-state index contributed by atoms with van der Waals surface area (Å²) in [5.74, 6) is 0.0275. The number of para-hydroxylation sites is 1. The molecule has 0 bridgehead atoms. The molecule has 4 rings (SSSR count). The average molecular weight is 426 g/mol. The highest BCUT2D eigenvalue weighted by Crippen LogP contribution is 2.36. The fraction of sp³-hybridized carbons (Fsp3) is 0.0455. The van der Waals surface area contributed by atoms with Gasteiger partial charge in [0.2, 0.25) is 0 Å². The number of furan rings is 1. The third-order valence-electron chi connectivity index (χ3n) is 4.39. The van der Waals surface area contributed by atoms with Gasteiger partial charge in [0.15, 0.2) is 5.78 Å². The average Bonchev–Trinajstić information content (AvgIpc) is 3.08. The first-order valence-corrected chi connectivity index (χ1v) is 9.33. The molecular formula is C22H14BrClO2. The molecule has 0 aliphatic carbocycles. The van der Waals surface area contributed by atoms with Gasteiger partial charge in [-0.15, -0.1) is 0 Å². The zero-order chi connectivity index (χ0) is 18.1. The molecule has 0 aliphatic heterocycles. The molecule has 0 spiro atoms. The van der Waals surface area contributed by atoms with E-state index in [9.17, 15) is 4.79 Å². The van der Waals surface area contributed by atoms with Crippen LogP contribution in [0.1, 0.15) is 15.9 Å². The van der Waals surface area contributed by atoms with Crippen molar-refractivity contribution in [1.82, 2.24) is 0 Å². The van der Waals surface area contributed by atoms with E-state index in [0.29, 0.717) is 10.6 Å². The molecule has 0 aliphatic rings. The maximum atomic E-state index is 12.8. The Kier molecular flexibility index (Phi) is 4.66. The van der Waals surface area contributed by atoms with Gasteiger partial charge in [0.05, 0.1) is 6.26 Å². The van der Waals surface area contributed by atoms with Crippen molar-refractivity contribution in [3.8, 4) is 11.1 Å². The standard InChI is InChI=1S/C22H14BrClO2/c23-15-10-8-14(9-11-15)21(25)12-18-16(5-3-6-20(18)24)19-13-26-22-7-2-1-4-17(19)22/h1-11,13H,12H2. The fourth-order valence-corrected chi connectivity index (χ4v) is 3.58. The lowest BCUT2D eigenvalue weighted by Crippen LogP contribution is -2.05. The maximum Gasteiger partial charge on any atom is 0.167 e. The van der Waals surface area contributed by atoms with E-state index in [4.69, 9.17) is 16.0 Å². The van der Waals surface area contributed by atoms with E-state index in [2.05, 4.69) is 15.9 Å². The van der Waals surface area contributed by atoms with Gasteiger partial charge in [-0.1, -0.05) is 70.0 Å². The lowest BCUT2D eigenvalue weighted by Gasteiger charge is -2.10. The van der Waals surface area contributed by atoms with Gasteiger partial charge in [-0.25, -0.2) is 0 Å². The van der Waals surface area contributed by atoms with Crippen LogP contribution in [0.15, 0.2) is 81.9 Å². The molecule has 0 atom stereocenters. The van der Waals surface area contributed by atoms with Gasteiger partial charge in [0, 0.05) is 32.4 Å². The van der Waals surface area contributed by atoms with Gasteiger partial charge in [0.25, 0.3) is 0 Å². The van der Waals surface area contributed by atoms with E-state index in [1.165, 1.54) is 0 Å². The summed E-state index contributed by atoms with van der Waals surface area (Å²) in [6.45, 7) is 0. The van der Waals surface area contributed by atoms with Crippen molar-refractivity contribution in [3.05, 3.63) is 93.6 Å². The summed E-state index contributed by atoms with van der Waals surface area (Å²) in [5.41, 5.74) is 4.16. The Morgan fingerprint density at radius 1 is 0.923 bits per heavy atom. The third-order valence-corrected chi connectivity index (χ3v) is 5.28. The van der Waals surface area contributed by atoms with Gasteiger partial charge in [-0.3, -0.25) is 4.79 Å². The van der Waals surface area contributed by atoms with Crippen LogP contribution < -0.4 is 0 Å². The molecule has 0 saturated carbocycles. The number of rotatable bonds is 4. The molecule has 1 aromatic heterocycles. The number of carbonyl (C=O) groups excluding carboxylic acids is 1. The van der Waals surface area contributed by atoms with E-state index < -0.39 is 0 Å². The number of Topliss-reactive ketones (excluding diaryl/α,β-unsaturated/α-hetero) is 1. The van der Waals surface area contributed by atoms with Crippen LogP contribution in [0.2, 0.25) is 5.02 Å². The monoisotopic (exact) mass is 424 g/mol. The van der Waals surface area contributed by atoms with Crippen molar-refractivity contribution in [2.24, 2.45) is 0 Å². The highest BCUT2D eigenvalue weighted by molar-refractivity contribution is 9.10. The highest BCUT2D eigenvalue weighted by atomic mass is 79.9. The van der Waals surface area contributed by atoms with Crippen LogP contribution in [0.3, 0.4) is 0 Å². The predicted octanol–water partition coefficient (Wildman–Crippen LogP) is 6.94. The van der Waals surface area contributed by atoms with Gasteiger partial charge in [-0.2, -0.15) is 0 Å². The summed E-state index contributed by atoms with van der Waals surface area (Å²) in [6.07, 6.45) is 1.96. The van der Waals surface area contributed by atoms with E-state index in [1.807, 2.05) is 66.7 Å². The second-order valence-electron chi connectivity index (χ2n) is 6.02. The number of ketones is 1. The molecule has 0 N–H and O–H groups in total. The van der Waals surface area contributed by atoms with E-state index in [-0.39, 0.29) is 12.2 Å². The van der Waals surface area contributed by atoms with Crippen LogP contribution >= 0.6 is 27.5 Å². The first-order chi connectivity index (χ1) is 12.6. The molecule has 0 unspecified atom stereocenters. The van der Waals surface area contributed by atoms with Crippen LogP contribution in [0.5, 0.6) is 0 Å². The van der Waals surface area contributed by atoms with Crippen molar-refractivity contribution in [2.45, 2.75) is 6.42 Å². The zero-order valence-corrected chi connectivity index (χ0v) is 16.0. The van der Waals surface area contributed by atoms with Crippen LogP contribution in [-0.4, -0.2) is 5.78 Å². The normalized spacial score (nSPS) is 11.0. The van der Waals surface area contributed by atoms with Crippen molar-refractivity contribution in [2.75, 3.05) is 0 Å². The molecule has 128 valence electrons. The number of hydrogen-bond acceptors (Lipinski definition) is 2. The number of fused-ring (bicyclic) bond motifs is 1. The Hall–Kier alpha value is -2.36. The number of hydrogen-bond donors (Lipinski definition) is 0. The minimum Gasteiger partial charge on any atom is -0.464 e. The molecule has 4 heteroatoms. The molecule has 0 fully saturated rings. The number of carbonyl (C=O) groups is 1.